The van der Waals surface area contributed by atoms with Crippen LogP contribution in [-0.2, 0) is 0 Å². The van der Waals surface area contributed by atoms with E-state index in [1.807, 2.05) is 29.2 Å². The molecule has 1 aromatic carbocycles. The van der Waals surface area contributed by atoms with E-state index in [1.165, 1.54) is 6.42 Å². The van der Waals surface area contributed by atoms with Gasteiger partial charge >= 0.3 is 0 Å². The summed E-state index contributed by atoms with van der Waals surface area (Å²) in [6, 6.07) is 7.39. The molecule has 2 aliphatic heterocycles. The number of benzene rings is 1. The van der Waals surface area contributed by atoms with Gasteiger partial charge in [-0.1, -0.05) is 0 Å². The largest absolute Gasteiger partial charge is 0.497 e. The number of piperidine rings is 1. The summed E-state index contributed by atoms with van der Waals surface area (Å²) in [4.78, 5) is 14.5. The van der Waals surface area contributed by atoms with E-state index in [9.17, 15) is 4.79 Å². The Hall–Kier alpha value is -1.26. The van der Waals surface area contributed by atoms with Gasteiger partial charge in [0.25, 0.3) is 5.91 Å². The van der Waals surface area contributed by atoms with Crippen LogP contribution in [0.5, 0.6) is 5.75 Å². The monoisotopic (exact) mass is 310 g/mol. The van der Waals surface area contributed by atoms with Gasteiger partial charge in [0, 0.05) is 25.2 Å². The third kappa shape index (κ3) is 3.33. The molecule has 0 radical (unpaired) electrons. The zero-order valence-corrected chi connectivity index (χ0v) is 13.2. The van der Waals surface area contributed by atoms with Crippen LogP contribution in [0.15, 0.2) is 24.3 Å². The lowest BCUT2D eigenvalue weighted by Crippen LogP contribution is -2.44. The van der Waals surface area contributed by atoms with Gasteiger partial charge in [0.05, 0.1) is 7.11 Å². The Balaban J connectivity index is 0.00000161. The predicted octanol–water partition coefficient (Wildman–Crippen LogP) is 2.33. The maximum Gasteiger partial charge on any atom is 0.253 e. The first-order valence-electron chi connectivity index (χ1n) is 7.37. The van der Waals surface area contributed by atoms with Gasteiger partial charge in [0.1, 0.15) is 5.75 Å². The highest BCUT2D eigenvalue weighted by Gasteiger charge is 2.38. The fourth-order valence-electron chi connectivity index (χ4n) is 3.32. The van der Waals surface area contributed by atoms with E-state index in [4.69, 9.17) is 4.74 Å². The highest BCUT2D eigenvalue weighted by atomic mass is 35.5. The van der Waals surface area contributed by atoms with Crippen LogP contribution in [0.4, 0.5) is 0 Å². The number of carbonyl (C=O) groups excluding carboxylic acids is 1. The Bertz CT molecular complexity index is 474. The Morgan fingerprint density at radius 3 is 2.38 bits per heavy atom. The second-order valence-electron chi connectivity index (χ2n) is 5.95. The molecule has 3 rings (SSSR count). The van der Waals surface area contributed by atoms with Gasteiger partial charge in [0.2, 0.25) is 0 Å². The number of hydrogen-bond donors (Lipinski definition) is 1. The molecule has 0 atom stereocenters. The number of hydrogen-bond acceptors (Lipinski definition) is 3. The normalized spacial score (nSPS) is 20.1. The first kappa shape index (κ1) is 16.1. The minimum absolute atomic E-state index is 0. The van der Waals surface area contributed by atoms with Crippen LogP contribution in [0.1, 0.15) is 29.6 Å². The van der Waals surface area contributed by atoms with Crippen LogP contribution >= 0.6 is 12.4 Å². The summed E-state index contributed by atoms with van der Waals surface area (Å²) in [5.74, 6) is 0.935. The molecule has 21 heavy (non-hydrogen) atoms. The van der Waals surface area contributed by atoms with Gasteiger partial charge in [0.15, 0.2) is 0 Å². The lowest BCUT2D eigenvalue weighted by Gasteiger charge is -2.38. The van der Waals surface area contributed by atoms with Crippen LogP contribution in [0, 0.1) is 5.41 Å². The number of amides is 1. The summed E-state index contributed by atoms with van der Waals surface area (Å²) in [6.07, 6.45) is 3.52. The van der Waals surface area contributed by atoms with Gasteiger partial charge in [-0.05, 0) is 55.5 Å². The summed E-state index contributed by atoms with van der Waals surface area (Å²) in [7, 11) is 1.64. The van der Waals surface area contributed by atoms with Crippen LogP contribution in [0.25, 0.3) is 0 Å². The summed E-state index contributed by atoms with van der Waals surface area (Å²) in [6.45, 7) is 4.02. The zero-order valence-electron chi connectivity index (χ0n) is 12.4. The third-order valence-corrected chi connectivity index (χ3v) is 4.78. The molecule has 0 unspecified atom stereocenters. The summed E-state index contributed by atoms with van der Waals surface area (Å²) in [5, 5.41) is 3.45. The summed E-state index contributed by atoms with van der Waals surface area (Å²) < 4.78 is 5.13. The molecule has 4 nitrogen and oxygen atoms in total. The molecule has 5 heteroatoms. The number of halogens is 1. The van der Waals surface area contributed by atoms with E-state index >= 15 is 0 Å². The maximum absolute atomic E-state index is 12.5. The number of methoxy groups -OCH3 is 1. The molecule has 0 aromatic heterocycles. The van der Waals surface area contributed by atoms with Crippen molar-refractivity contribution in [3.8, 4) is 5.75 Å². The molecule has 1 aromatic rings. The predicted molar refractivity (Wildman–Crippen MR) is 85.3 cm³/mol. The van der Waals surface area contributed by atoms with E-state index < -0.39 is 0 Å². The second kappa shape index (κ2) is 6.67. The molecule has 0 saturated carbocycles. The van der Waals surface area contributed by atoms with E-state index in [1.54, 1.807) is 7.11 Å². The lowest BCUT2D eigenvalue weighted by atomic mass is 9.78. The quantitative estimate of drug-likeness (QED) is 0.911. The van der Waals surface area contributed by atoms with Gasteiger partial charge in [-0.2, -0.15) is 0 Å². The molecule has 2 heterocycles. The van der Waals surface area contributed by atoms with Crippen molar-refractivity contribution >= 4 is 18.3 Å². The Morgan fingerprint density at radius 2 is 1.86 bits per heavy atom. The number of nitrogens with one attached hydrogen (secondary N) is 1. The van der Waals surface area contributed by atoms with Crippen LogP contribution in [0.2, 0.25) is 0 Å². The number of likely N-dealkylation sites (tertiary alicyclic amines) is 1. The van der Waals surface area contributed by atoms with Crippen molar-refractivity contribution in [2.24, 2.45) is 5.41 Å². The van der Waals surface area contributed by atoms with Gasteiger partial charge in [-0.15, -0.1) is 12.4 Å². The van der Waals surface area contributed by atoms with Gasteiger partial charge in [-0.25, -0.2) is 0 Å². The molecule has 1 amide bonds. The van der Waals surface area contributed by atoms with Crippen molar-refractivity contribution in [2.45, 2.75) is 19.3 Å². The third-order valence-electron chi connectivity index (χ3n) is 4.78. The number of rotatable bonds is 2. The molecule has 2 aliphatic rings. The van der Waals surface area contributed by atoms with Crippen molar-refractivity contribution in [1.82, 2.24) is 10.2 Å². The lowest BCUT2D eigenvalue weighted by molar-refractivity contribution is 0.0607. The van der Waals surface area contributed by atoms with E-state index in [0.29, 0.717) is 5.41 Å². The van der Waals surface area contributed by atoms with E-state index in [0.717, 1.165) is 50.3 Å². The first-order chi connectivity index (χ1) is 9.72. The molecule has 1 N–H and O–H groups in total. The topological polar surface area (TPSA) is 41.6 Å². The average Bonchev–Trinajstić information content (AvgIpc) is 2.96. The summed E-state index contributed by atoms with van der Waals surface area (Å²) in [5.41, 5.74) is 1.21. The minimum atomic E-state index is 0. The van der Waals surface area contributed by atoms with Gasteiger partial charge < -0.3 is 15.0 Å². The Kier molecular flexibility index (Phi) is 5.12. The van der Waals surface area contributed by atoms with Crippen molar-refractivity contribution in [3.05, 3.63) is 29.8 Å². The fraction of sp³-hybridized carbons (Fsp3) is 0.562. The zero-order chi connectivity index (χ0) is 14.0. The SMILES string of the molecule is COc1ccc(C(=O)N2CCC3(CCNC3)CC2)cc1.Cl. The highest BCUT2D eigenvalue weighted by Crippen LogP contribution is 2.37. The van der Waals surface area contributed by atoms with Crippen molar-refractivity contribution in [1.29, 1.82) is 0 Å². The fourth-order valence-corrected chi connectivity index (χ4v) is 3.32. The van der Waals surface area contributed by atoms with Crippen molar-refractivity contribution < 1.29 is 9.53 Å². The molecular weight excluding hydrogens is 288 g/mol. The van der Waals surface area contributed by atoms with E-state index in [2.05, 4.69) is 5.32 Å². The number of carbonyl (C=O) groups is 1. The summed E-state index contributed by atoms with van der Waals surface area (Å²) >= 11 is 0. The molecule has 2 saturated heterocycles. The molecule has 2 fully saturated rings. The minimum Gasteiger partial charge on any atom is -0.497 e. The van der Waals surface area contributed by atoms with Crippen LogP contribution in [-0.4, -0.2) is 44.1 Å². The molecule has 0 aliphatic carbocycles. The highest BCUT2D eigenvalue weighted by molar-refractivity contribution is 5.94. The Morgan fingerprint density at radius 1 is 1.19 bits per heavy atom. The Labute approximate surface area is 132 Å². The van der Waals surface area contributed by atoms with Crippen molar-refractivity contribution in [3.63, 3.8) is 0 Å². The first-order valence-corrected chi connectivity index (χ1v) is 7.37. The molecular formula is C16H23ClN2O2. The van der Waals surface area contributed by atoms with Crippen LogP contribution in [0.3, 0.4) is 0 Å². The maximum atomic E-state index is 12.5. The molecule has 1 spiro atoms. The molecule has 0 bridgehead atoms. The van der Waals surface area contributed by atoms with Crippen LogP contribution < -0.4 is 10.1 Å². The standard InChI is InChI=1S/C16H22N2O2.ClH/c1-20-14-4-2-13(3-5-14)15(19)18-10-7-16(8-11-18)6-9-17-12-16;/h2-5,17H,6-12H2,1H3;1H. The van der Waals surface area contributed by atoms with Gasteiger partial charge in [-0.3, -0.25) is 4.79 Å². The number of ether oxygens (including phenoxy) is 1. The van der Waals surface area contributed by atoms with E-state index in [-0.39, 0.29) is 18.3 Å². The second-order valence-corrected chi connectivity index (χ2v) is 5.95. The average molecular weight is 311 g/mol. The number of nitrogens with zero attached hydrogens (tertiary/aromatic N) is 1. The van der Waals surface area contributed by atoms with Crippen molar-refractivity contribution in [2.75, 3.05) is 33.3 Å². The molecule has 116 valence electrons. The smallest absolute Gasteiger partial charge is 0.253 e.